The van der Waals surface area contributed by atoms with E-state index in [1.54, 1.807) is 6.20 Å². The zero-order valence-corrected chi connectivity index (χ0v) is 11.4. The molecule has 4 N–H and O–H groups in total. The smallest absolute Gasteiger partial charge is 0.139 e. The number of anilines is 1. The van der Waals surface area contributed by atoms with E-state index < -0.39 is 0 Å². The summed E-state index contributed by atoms with van der Waals surface area (Å²) in [5.74, 6) is 5.94. The van der Waals surface area contributed by atoms with Gasteiger partial charge in [-0.3, -0.25) is 4.90 Å². The van der Waals surface area contributed by atoms with Crippen LogP contribution in [0.3, 0.4) is 0 Å². The van der Waals surface area contributed by atoms with Gasteiger partial charge in [-0.05, 0) is 17.2 Å². The Morgan fingerprint density at radius 2 is 1.80 bits per heavy atom. The lowest BCUT2D eigenvalue weighted by atomic mass is 10.2. The molecular formula is C15H20N4O. The minimum atomic E-state index is 0.142. The van der Waals surface area contributed by atoms with Crippen molar-refractivity contribution in [2.24, 2.45) is 5.84 Å². The van der Waals surface area contributed by atoms with E-state index in [1.807, 2.05) is 30.3 Å². The Morgan fingerprint density at radius 3 is 2.40 bits per heavy atom. The van der Waals surface area contributed by atoms with Gasteiger partial charge >= 0.3 is 0 Å². The van der Waals surface area contributed by atoms with Crippen LogP contribution in [0, 0.1) is 0 Å². The molecule has 1 heterocycles. The maximum Gasteiger partial charge on any atom is 0.139 e. The van der Waals surface area contributed by atoms with E-state index in [4.69, 9.17) is 5.84 Å². The molecule has 0 atom stereocenters. The van der Waals surface area contributed by atoms with E-state index >= 15 is 0 Å². The molecule has 2 aromatic rings. The molecule has 1 aromatic carbocycles. The Morgan fingerprint density at radius 1 is 1.05 bits per heavy atom. The first kappa shape index (κ1) is 14.5. The fourth-order valence-electron chi connectivity index (χ4n) is 2.06. The second kappa shape index (κ2) is 7.59. The highest BCUT2D eigenvalue weighted by atomic mass is 16.3. The third-order valence-corrected chi connectivity index (χ3v) is 3.04. The monoisotopic (exact) mass is 272 g/mol. The molecule has 0 aliphatic heterocycles. The average Bonchev–Trinajstić information content (AvgIpc) is 2.49. The predicted molar refractivity (Wildman–Crippen MR) is 79.7 cm³/mol. The summed E-state index contributed by atoms with van der Waals surface area (Å²) in [7, 11) is 0. The highest BCUT2D eigenvalue weighted by molar-refractivity contribution is 5.33. The van der Waals surface area contributed by atoms with E-state index in [9.17, 15) is 5.11 Å². The number of hydrogen-bond donors (Lipinski definition) is 3. The van der Waals surface area contributed by atoms with Crippen LogP contribution in [0.15, 0.2) is 48.7 Å². The first-order chi connectivity index (χ1) is 9.81. The summed E-state index contributed by atoms with van der Waals surface area (Å²) in [4.78, 5) is 6.37. The van der Waals surface area contributed by atoms with Crippen molar-refractivity contribution in [1.29, 1.82) is 0 Å². The van der Waals surface area contributed by atoms with Crippen LogP contribution in [0.4, 0.5) is 5.82 Å². The molecule has 5 heteroatoms. The van der Waals surface area contributed by atoms with Gasteiger partial charge in [-0.2, -0.15) is 0 Å². The van der Waals surface area contributed by atoms with Gasteiger partial charge in [-0.1, -0.05) is 36.4 Å². The number of hydrogen-bond acceptors (Lipinski definition) is 5. The Balaban J connectivity index is 2.00. The van der Waals surface area contributed by atoms with Gasteiger partial charge in [0.2, 0.25) is 0 Å². The van der Waals surface area contributed by atoms with Crippen LogP contribution < -0.4 is 11.3 Å². The standard InChI is InChI=1S/C15H20N4O/c16-18-15-7-6-14(10-17-15)12-19(8-9-20)11-13-4-2-1-3-5-13/h1-7,10,20H,8-9,11-12,16H2,(H,17,18). The fraction of sp³-hybridized carbons (Fsp3) is 0.267. The molecule has 0 spiro atoms. The largest absolute Gasteiger partial charge is 0.395 e. The number of nitrogens with two attached hydrogens (primary N) is 1. The Kier molecular flexibility index (Phi) is 5.49. The summed E-state index contributed by atoms with van der Waals surface area (Å²) in [6.07, 6.45) is 1.80. The second-order valence-electron chi connectivity index (χ2n) is 4.62. The van der Waals surface area contributed by atoms with Crippen LogP contribution in [0.5, 0.6) is 0 Å². The third-order valence-electron chi connectivity index (χ3n) is 3.04. The Hall–Kier alpha value is -1.95. The lowest BCUT2D eigenvalue weighted by Crippen LogP contribution is -2.26. The summed E-state index contributed by atoms with van der Waals surface area (Å²) >= 11 is 0. The van der Waals surface area contributed by atoms with Crippen LogP contribution in [0.2, 0.25) is 0 Å². The lowest BCUT2D eigenvalue weighted by Gasteiger charge is -2.21. The summed E-state index contributed by atoms with van der Waals surface area (Å²) in [5, 5.41) is 9.19. The molecule has 106 valence electrons. The van der Waals surface area contributed by atoms with Gasteiger partial charge in [0.25, 0.3) is 0 Å². The van der Waals surface area contributed by atoms with Crippen molar-refractivity contribution in [2.45, 2.75) is 13.1 Å². The minimum absolute atomic E-state index is 0.142. The molecule has 0 aliphatic carbocycles. The predicted octanol–water partition coefficient (Wildman–Crippen LogP) is 1.36. The Bertz CT molecular complexity index is 501. The molecular weight excluding hydrogens is 252 g/mol. The minimum Gasteiger partial charge on any atom is -0.395 e. The molecule has 0 aliphatic rings. The van der Waals surface area contributed by atoms with Gasteiger partial charge in [0, 0.05) is 25.8 Å². The zero-order valence-electron chi connectivity index (χ0n) is 11.4. The highest BCUT2D eigenvalue weighted by Gasteiger charge is 2.07. The number of nitrogens with one attached hydrogen (secondary N) is 1. The van der Waals surface area contributed by atoms with Crippen molar-refractivity contribution in [1.82, 2.24) is 9.88 Å². The molecule has 5 nitrogen and oxygen atoms in total. The molecule has 0 radical (unpaired) electrons. The third kappa shape index (κ3) is 4.31. The van der Waals surface area contributed by atoms with Crippen LogP contribution in [-0.4, -0.2) is 28.1 Å². The first-order valence-electron chi connectivity index (χ1n) is 6.60. The molecule has 2 rings (SSSR count). The van der Waals surface area contributed by atoms with Crippen molar-refractivity contribution in [3.63, 3.8) is 0 Å². The number of pyridine rings is 1. The summed E-state index contributed by atoms with van der Waals surface area (Å²) in [5.41, 5.74) is 4.83. The van der Waals surface area contributed by atoms with E-state index in [0.717, 1.165) is 18.7 Å². The number of rotatable bonds is 7. The summed E-state index contributed by atoms with van der Waals surface area (Å²) in [6.45, 7) is 2.32. The molecule has 0 unspecified atom stereocenters. The number of nitrogens with zero attached hydrogens (tertiary/aromatic N) is 2. The number of nitrogen functional groups attached to an aromatic ring is 1. The maximum atomic E-state index is 9.19. The van der Waals surface area contributed by atoms with E-state index in [2.05, 4.69) is 27.4 Å². The van der Waals surface area contributed by atoms with Crippen LogP contribution in [-0.2, 0) is 13.1 Å². The molecule has 0 amide bonds. The molecule has 1 aromatic heterocycles. The van der Waals surface area contributed by atoms with E-state index in [-0.39, 0.29) is 6.61 Å². The van der Waals surface area contributed by atoms with Gasteiger partial charge in [0.15, 0.2) is 0 Å². The van der Waals surface area contributed by atoms with Crippen molar-refractivity contribution in [3.05, 3.63) is 59.8 Å². The van der Waals surface area contributed by atoms with Gasteiger partial charge in [0.1, 0.15) is 5.82 Å². The molecule has 0 saturated carbocycles. The highest BCUT2D eigenvalue weighted by Crippen LogP contribution is 2.10. The molecule has 0 saturated heterocycles. The number of aliphatic hydroxyl groups is 1. The van der Waals surface area contributed by atoms with Crippen LogP contribution in [0.25, 0.3) is 0 Å². The Labute approximate surface area is 119 Å². The van der Waals surface area contributed by atoms with Gasteiger partial charge in [-0.15, -0.1) is 0 Å². The molecule has 20 heavy (non-hydrogen) atoms. The number of hydrazine groups is 1. The number of aliphatic hydroxyl groups excluding tert-OH is 1. The zero-order chi connectivity index (χ0) is 14.2. The van der Waals surface area contributed by atoms with Crippen LogP contribution >= 0.6 is 0 Å². The topological polar surface area (TPSA) is 74.4 Å². The second-order valence-corrected chi connectivity index (χ2v) is 4.62. The number of aromatic nitrogens is 1. The van der Waals surface area contributed by atoms with E-state index in [0.29, 0.717) is 12.4 Å². The average molecular weight is 272 g/mol. The molecule has 0 bridgehead atoms. The van der Waals surface area contributed by atoms with Crippen molar-refractivity contribution in [2.75, 3.05) is 18.6 Å². The SMILES string of the molecule is NNc1ccc(CN(CCO)Cc2ccccc2)cn1. The lowest BCUT2D eigenvalue weighted by molar-refractivity contribution is 0.184. The van der Waals surface area contributed by atoms with Gasteiger partial charge in [0.05, 0.1) is 6.61 Å². The van der Waals surface area contributed by atoms with Crippen molar-refractivity contribution in [3.8, 4) is 0 Å². The first-order valence-corrected chi connectivity index (χ1v) is 6.60. The summed E-state index contributed by atoms with van der Waals surface area (Å²) < 4.78 is 0. The quantitative estimate of drug-likeness (QED) is 0.524. The maximum absolute atomic E-state index is 9.19. The van der Waals surface area contributed by atoms with Crippen molar-refractivity contribution < 1.29 is 5.11 Å². The van der Waals surface area contributed by atoms with Crippen LogP contribution in [0.1, 0.15) is 11.1 Å². The molecule has 0 fully saturated rings. The fourth-order valence-corrected chi connectivity index (χ4v) is 2.06. The number of benzene rings is 1. The van der Waals surface area contributed by atoms with Gasteiger partial charge in [-0.25, -0.2) is 10.8 Å². The summed E-state index contributed by atoms with van der Waals surface area (Å²) in [6, 6.07) is 14.1. The van der Waals surface area contributed by atoms with E-state index in [1.165, 1.54) is 5.56 Å². The normalized spacial score (nSPS) is 10.8. The van der Waals surface area contributed by atoms with Gasteiger partial charge < -0.3 is 10.5 Å². The van der Waals surface area contributed by atoms with Crippen molar-refractivity contribution >= 4 is 5.82 Å².